The molecule has 1 aliphatic heterocycles. The molecule has 2 N–H and O–H groups in total. The lowest BCUT2D eigenvalue weighted by Crippen LogP contribution is -2.44. The lowest BCUT2D eigenvalue weighted by Gasteiger charge is -2.32. The molecule has 0 aromatic heterocycles. The Morgan fingerprint density at radius 1 is 1.18 bits per heavy atom. The number of carbonyl (C=O) groups is 1. The first-order valence-corrected chi connectivity index (χ1v) is 12.2. The highest BCUT2D eigenvalue weighted by molar-refractivity contribution is 7.92. The third-order valence-electron chi connectivity index (χ3n) is 5.53. The summed E-state index contributed by atoms with van der Waals surface area (Å²) in [6, 6.07) is 9.26. The van der Waals surface area contributed by atoms with E-state index in [2.05, 4.69) is 21.9 Å². The van der Waals surface area contributed by atoms with Crippen LogP contribution in [-0.4, -0.2) is 56.9 Å². The van der Waals surface area contributed by atoms with Crippen molar-refractivity contribution in [2.75, 3.05) is 31.5 Å². The van der Waals surface area contributed by atoms with Crippen LogP contribution in [0.25, 0.3) is 0 Å². The number of likely N-dealkylation sites (tertiary alicyclic amines) is 1. The molecule has 1 heterocycles. The van der Waals surface area contributed by atoms with E-state index in [0.29, 0.717) is 5.56 Å². The zero-order valence-electron chi connectivity index (χ0n) is 18.6. The van der Waals surface area contributed by atoms with E-state index in [4.69, 9.17) is 4.74 Å². The Bertz CT molecular complexity index is 1100. The van der Waals surface area contributed by atoms with E-state index in [0.717, 1.165) is 45.0 Å². The first-order chi connectivity index (χ1) is 15.7. The smallest absolute Gasteiger partial charge is 0.271 e. The van der Waals surface area contributed by atoms with E-state index in [1.807, 2.05) is 0 Å². The Labute approximate surface area is 193 Å². The molecule has 0 spiro atoms. The van der Waals surface area contributed by atoms with Crippen molar-refractivity contribution in [3.05, 3.63) is 58.1 Å². The lowest BCUT2D eigenvalue weighted by atomic mass is 10.0. The summed E-state index contributed by atoms with van der Waals surface area (Å²) in [5, 5.41) is 14.0. The molecule has 3 rings (SSSR count). The van der Waals surface area contributed by atoms with E-state index >= 15 is 0 Å². The second-order valence-corrected chi connectivity index (χ2v) is 9.54. The molecule has 1 saturated heterocycles. The van der Waals surface area contributed by atoms with Gasteiger partial charge in [-0.3, -0.25) is 19.6 Å². The number of ether oxygens (including phenoxy) is 1. The maximum absolute atomic E-state index is 12.8. The number of nitrogens with zero attached hydrogens (tertiary/aromatic N) is 2. The summed E-state index contributed by atoms with van der Waals surface area (Å²) in [6.45, 7) is 5.10. The van der Waals surface area contributed by atoms with Crippen molar-refractivity contribution in [3.8, 4) is 5.75 Å². The van der Waals surface area contributed by atoms with Crippen molar-refractivity contribution in [2.45, 2.75) is 37.1 Å². The quantitative estimate of drug-likeness (QED) is 0.420. The van der Waals surface area contributed by atoms with E-state index in [9.17, 15) is 23.3 Å². The standard InChI is InChI=1S/C22H28N4O6S/c1-3-12-25-13-10-17(11-14-25)23-22(27)16-4-7-19(8-5-16)33(30,31)24-20-15-18(26(28)29)6-9-21(20)32-2/h4-9,15,17,24H,3,10-14H2,1-2H3,(H,23,27). The minimum atomic E-state index is -4.06. The van der Waals surface area contributed by atoms with Gasteiger partial charge in [0.05, 0.1) is 22.6 Å². The number of hydrogen-bond acceptors (Lipinski definition) is 7. The van der Waals surface area contributed by atoms with Gasteiger partial charge in [-0.2, -0.15) is 0 Å². The summed E-state index contributed by atoms with van der Waals surface area (Å²) in [6.07, 6.45) is 2.87. The average Bonchev–Trinajstić information content (AvgIpc) is 2.80. The number of non-ortho nitro benzene ring substituents is 1. The van der Waals surface area contributed by atoms with Gasteiger partial charge in [-0.05, 0) is 56.1 Å². The largest absolute Gasteiger partial charge is 0.495 e. The fourth-order valence-corrected chi connectivity index (χ4v) is 4.83. The molecule has 33 heavy (non-hydrogen) atoms. The summed E-state index contributed by atoms with van der Waals surface area (Å²) >= 11 is 0. The molecule has 0 atom stereocenters. The maximum atomic E-state index is 12.8. The van der Waals surface area contributed by atoms with Crippen LogP contribution < -0.4 is 14.8 Å². The Morgan fingerprint density at radius 2 is 1.85 bits per heavy atom. The van der Waals surface area contributed by atoms with Crippen LogP contribution in [-0.2, 0) is 10.0 Å². The number of rotatable bonds is 9. The van der Waals surface area contributed by atoms with Gasteiger partial charge in [0.15, 0.2) is 0 Å². The topological polar surface area (TPSA) is 131 Å². The van der Waals surface area contributed by atoms with Gasteiger partial charge < -0.3 is 15.0 Å². The van der Waals surface area contributed by atoms with Gasteiger partial charge in [-0.1, -0.05) is 6.92 Å². The molecule has 0 saturated carbocycles. The van der Waals surface area contributed by atoms with Crippen molar-refractivity contribution in [2.24, 2.45) is 0 Å². The molecule has 1 aliphatic rings. The molecule has 11 heteroatoms. The van der Waals surface area contributed by atoms with Crippen molar-refractivity contribution in [1.29, 1.82) is 0 Å². The van der Waals surface area contributed by atoms with Gasteiger partial charge in [0.2, 0.25) is 0 Å². The number of hydrogen-bond donors (Lipinski definition) is 2. The predicted octanol–water partition coefficient (Wildman–Crippen LogP) is 3.01. The van der Waals surface area contributed by atoms with Crippen molar-refractivity contribution < 1.29 is 22.9 Å². The SMILES string of the molecule is CCCN1CCC(NC(=O)c2ccc(S(=O)(=O)Nc3cc([N+](=O)[O-])ccc3OC)cc2)CC1. The van der Waals surface area contributed by atoms with E-state index in [1.165, 1.54) is 43.5 Å². The Hall–Kier alpha value is -3.18. The highest BCUT2D eigenvalue weighted by Gasteiger charge is 2.22. The third kappa shape index (κ3) is 6.20. The monoisotopic (exact) mass is 476 g/mol. The number of carbonyl (C=O) groups excluding carboxylic acids is 1. The van der Waals surface area contributed by atoms with Gasteiger partial charge >= 0.3 is 0 Å². The van der Waals surface area contributed by atoms with E-state index in [-0.39, 0.29) is 34.0 Å². The number of benzene rings is 2. The Balaban J connectivity index is 1.67. The molecular formula is C22H28N4O6S. The average molecular weight is 477 g/mol. The Morgan fingerprint density at radius 3 is 2.42 bits per heavy atom. The van der Waals surface area contributed by atoms with Gasteiger partial charge in [0, 0.05) is 36.8 Å². The fraction of sp³-hybridized carbons (Fsp3) is 0.409. The molecule has 0 bridgehead atoms. The summed E-state index contributed by atoms with van der Waals surface area (Å²) < 4.78 is 33.0. The fourth-order valence-electron chi connectivity index (χ4n) is 3.76. The molecule has 2 aromatic carbocycles. The molecule has 10 nitrogen and oxygen atoms in total. The second kappa shape index (κ2) is 10.6. The summed E-state index contributed by atoms with van der Waals surface area (Å²) in [4.78, 5) is 25.3. The first-order valence-electron chi connectivity index (χ1n) is 10.7. The lowest BCUT2D eigenvalue weighted by molar-refractivity contribution is -0.384. The molecule has 0 radical (unpaired) electrons. The number of piperidine rings is 1. The van der Waals surface area contributed by atoms with Gasteiger partial charge in [0.25, 0.3) is 21.6 Å². The van der Waals surface area contributed by atoms with Gasteiger partial charge in [0.1, 0.15) is 5.75 Å². The minimum absolute atomic E-state index is 0.0528. The van der Waals surface area contributed by atoms with Crippen LogP contribution in [0.15, 0.2) is 47.4 Å². The zero-order chi connectivity index (χ0) is 24.0. The van der Waals surface area contributed by atoms with Crippen LogP contribution in [0.4, 0.5) is 11.4 Å². The Kier molecular flexibility index (Phi) is 7.88. The molecule has 1 amide bonds. The van der Waals surface area contributed by atoms with Crippen molar-refractivity contribution >= 4 is 27.3 Å². The van der Waals surface area contributed by atoms with E-state index < -0.39 is 14.9 Å². The van der Waals surface area contributed by atoms with Gasteiger partial charge in [-0.15, -0.1) is 0 Å². The van der Waals surface area contributed by atoms with E-state index in [1.54, 1.807) is 0 Å². The first kappa shape index (κ1) is 24.5. The van der Waals surface area contributed by atoms with Crippen LogP contribution in [0.5, 0.6) is 5.75 Å². The number of sulfonamides is 1. The number of amides is 1. The van der Waals surface area contributed by atoms with Crippen LogP contribution in [0.1, 0.15) is 36.5 Å². The van der Waals surface area contributed by atoms with Gasteiger partial charge in [-0.25, -0.2) is 8.42 Å². The van der Waals surface area contributed by atoms with Crippen LogP contribution in [0.2, 0.25) is 0 Å². The van der Waals surface area contributed by atoms with Crippen LogP contribution in [0, 0.1) is 10.1 Å². The van der Waals surface area contributed by atoms with Crippen molar-refractivity contribution in [3.63, 3.8) is 0 Å². The normalized spacial score (nSPS) is 15.1. The third-order valence-corrected chi connectivity index (χ3v) is 6.91. The predicted molar refractivity (Wildman–Crippen MR) is 124 cm³/mol. The molecule has 178 valence electrons. The summed E-state index contributed by atoms with van der Waals surface area (Å²) in [5.41, 5.74) is 0.0295. The van der Waals surface area contributed by atoms with Crippen molar-refractivity contribution in [1.82, 2.24) is 10.2 Å². The highest BCUT2D eigenvalue weighted by Crippen LogP contribution is 2.30. The summed E-state index contributed by atoms with van der Waals surface area (Å²) in [5.74, 6) is -0.105. The number of nitro groups is 1. The molecular weight excluding hydrogens is 448 g/mol. The second-order valence-electron chi connectivity index (χ2n) is 7.86. The number of nitro benzene ring substituents is 1. The number of methoxy groups -OCH3 is 1. The molecule has 0 aliphatic carbocycles. The maximum Gasteiger partial charge on any atom is 0.271 e. The number of nitrogens with one attached hydrogen (secondary N) is 2. The molecule has 1 fully saturated rings. The molecule has 0 unspecified atom stereocenters. The highest BCUT2D eigenvalue weighted by atomic mass is 32.2. The minimum Gasteiger partial charge on any atom is -0.495 e. The zero-order valence-corrected chi connectivity index (χ0v) is 19.4. The molecule has 2 aromatic rings. The van der Waals surface area contributed by atoms with Crippen LogP contribution in [0.3, 0.4) is 0 Å². The summed E-state index contributed by atoms with van der Waals surface area (Å²) in [7, 11) is -2.73. The number of anilines is 1. The van der Waals surface area contributed by atoms with Crippen LogP contribution >= 0.6 is 0 Å².